The molecule has 0 aliphatic carbocycles. The van der Waals surface area contributed by atoms with E-state index >= 15 is 0 Å². The number of amides is 4. The van der Waals surface area contributed by atoms with Crippen molar-refractivity contribution in [3.63, 3.8) is 0 Å². The van der Waals surface area contributed by atoms with Crippen LogP contribution in [0.1, 0.15) is 37.9 Å². The molecule has 0 fully saturated rings. The molecule has 0 unspecified atom stereocenters. The second-order valence-electron chi connectivity index (χ2n) is 8.95. The van der Waals surface area contributed by atoms with Crippen molar-refractivity contribution in [3.8, 4) is 0 Å². The SMILES string of the molecule is Cn1cc(NC(=O)c2cc(NC(=O)c3cc(NC(=O)[C@@H](N)CN)cn3C)cn2C)cc1C(=O)NCCC(=N)N. The third-order valence-electron chi connectivity index (χ3n) is 5.77. The van der Waals surface area contributed by atoms with Gasteiger partial charge in [0.1, 0.15) is 17.1 Å². The van der Waals surface area contributed by atoms with Crippen LogP contribution in [0.3, 0.4) is 0 Å². The van der Waals surface area contributed by atoms with E-state index in [9.17, 15) is 19.2 Å². The quantitative estimate of drug-likeness (QED) is 0.117. The number of carbonyl (C=O) groups is 4. The molecule has 3 rings (SSSR count). The molecule has 208 valence electrons. The first-order valence-electron chi connectivity index (χ1n) is 11.9. The summed E-state index contributed by atoms with van der Waals surface area (Å²) < 4.78 is 4.66. The summed E-state index contributed by atoms with van der Waals surface area (Å²) in [4.78, 5) is 50.1. The minimum atomic E-state index is -0.867. The maximum Gasteiger partial charge on any atom is 0.272 e. The zero-order chi connectivity index (χ0) is 28.9. The zero-order valence-corrected chi connectivity index (χ0v) is 21.9. The molecule has 1 atom stereocenters. The molecule has 0 bridgehead atoms. The molecule has 0 spiro atoms. The van der Waals surface area contributed by atoms with Crippen LogP contribution >= 0.6 is 0 Å². The van der Waals surface area contributed by atoms with Crippen LogP contribution in [0, 0.1) is 5.41 Å². The van der Waals surface area contributed by atoms with Crippen LogP contribution in [0.5, 0.6) is 0 Å². The molecule has 15 nitrogen and oxygen atoms in total. The maximum absolute atomic E-state index is 12.9. The molecular weight excluding hydrogens is 506 g/mol. The van der Waals surface area contributed by atoms with E-state index in [0.29, 0.717) is 22.8 Å². The molecule has 0 aromatic carbocycles. The summed E-state index contributed by atoms with van der Waals surface area (Å²) in [6.07, 6.45) is 4.97. The monoisotopic (exact) mass is 539 g/mol. The Morgan fingerprint density at radius 1 is 0.795 bits per heavy atom. The highest BCUT2D eigenvalue weighted by Gasteiger charge is 2.19. The van der Waals surface area contributed by atoms with Crippen molar-refractivity contribution in [2.75, 3.05) is 29.0 Å². The fraction of sp³-hybridized carbons (Fsp3) is 0.292. The topological polar surface area (TPSA) is 233 Å². The van der Waals surface area contributed by atoms with Crippen molar-refractivity contribution in [2.24, 2.45) is 38.3 Å². The van der Waals surface area contributed by atoms with Crippen LogP contribution in [0.15, 0.2) is 36.8 Å². The predicted octanol–water partition coefficient (Wildman–Crippen LogP) is -0.513. The normalized spacial score (nSPS) is 11.5. The molecule has 3 aromatic rings. The average Bonchev–Trinajstić information content (AvgIpc) is 3.53. The molecule has 39 heavy (non-hydrogen) atoms. The third kappa shape index (κ3) is 7.12. The highest BCUT2D eigenvalue weighted by atomic mass is 16.2. The smallest absolute Gasteiger partial charge is 0.272 e. The van der Waals surface area contributed by atoms with Crippen molar-refractivity contribution in [1.82, 2.24) is 19.0 Å². The van der Waals surface area contributed by atoms with Gasteiger partial charge >= 0.3 is 0 Å². The lowest BCUT2D eigenvalue weighted by atomic mass is 10.3. The third-order valence-corrected chi connectivity index (χ3v) is 5.77. The molecule has 4 amide bonds. The molecule has 11 N–H and O–H groups in total. The van der Waals surface area contributed by atoms with Gasteiger partial charge in [-0.15, -0.1) is 0 Å². The number of rotatable bonds is 11. The molecule has 3 aromatic heterocycles. The Bertz CT molecular complexity index is 1420. The molecular formula is C24H33N11O4. The first-order valence-corrected chi connectivity index (χ1v) is 11.9. The minimum absolute atomic E-state index is 0.0150. The van der Waals surface area contributed by atoms with E-state index in [0.717, 1.165) is 0 Å². The van der Waals surface area contributed by atoms with Gasteiger partial charge in [-0.3, -0.25) is 24.6 Å². The summed E-state index contributed by atoms with van der Waals surface area (Å²) in [5.74, 6) is -1.77. The van der Waals surface area contributed by atoms with Gasteiger partial charge < -0.3 is 52.2 Å². The summed E-state index contributed by atoms with van der Waals surface area (Å²) in [5.41, 5.74) is 18.3. The number of aromatic nitrogens is 3. The van der Waals surface area contributed by atoms with Gasteiger partial charge in [-0.1, -0.05) is 0 Å². The number of hydrogen-bond donors (Lipinski definition) is 8. The molecule has 0 saturated carbocycles. The molecule has 0 radical (unpaired) electrons. The van der Waals surface area contributed by atoms with Gasteiger partial charge in [0.15, 0.2) is 0 Å². The number of nitrogens with one attached hydrogen (secondary N) is 5. The highest BCUT2D eigenvalue weighted by Crippen LogP contribution is 2.19. The van der Waals surface area contributed by atoms with Crippen LogP contribution in [-0.2, 0) is 25.9 Å². The van der Waals surface area contributed by atoms with E-state index in [4.69, 9.17) is 22.6 Å². The number of hydrogen-bond acceptors (Lipinski definition) is 7. The van der Waals surface area contributed by atoms with Gasteiger partial charge in [0.2, 0.25) is 5.91 Å². The van der Waals surface area contributed by atoms with E-state index in [1.54, 1.807) is 53.4 Å². The van der Waals surface area contributed by atoms with Crippen LogP contribution in [0.25, 0.3) is 0 Å². The predicted molar refractivity (Wildman–Crippen MR) is 147 cm³/mol. The number of nitrogens with zero attached hydrogens (tertiary/aromatic N) is 3. The fourth-order valence-electron chi connectivity index (χ4n) is 3.71. The molecule has 3 heterocycles. The lowest BCUT2D eigenvalue weighted by molar-refractivity contribution is -0.117. The Labute approximate surface area is 224 Å². The molecule has 0 aliphatic heterocycles. The van der Waals surface area contributed by atoms with Crippen LogP contribution in [0.2, 0.25) is 0 Å². The molecule has 0 aliphatic rings. The summed E-state index contributed by atoms with van der Waals surface area (Å²) in [6.45, 7) is 0.207. The van der Waals surface area contributed by atoms with Gasteiger partial charge in [-0.05, 0) is 18.2 Å². The summed E-state index contributed by atoms with van der Waals surface area (Å²) in [5, 5.41) is 18.0. The second-order valence-corrected chi connectivity index (χ2v) is 8.95. The van der Waals surface area contributed by atoms with Crippen molar-refractivity contribution >= 4 is 46.5 Å². The van der Waals surface area contributed by atoms with Gasteiger partial charge in [-0.25, -0.2) is 0 Å². The second kappa shape index (κ2) is 12.1. The highest BCUT2D eigenvalue weighted by molar-refractivity contribution is 6.07. The van der Waals surface area contributed by atoms with Crippen LogP contribution in [0.4, 0.5) is 17.1 Å². The number of carbonyl (C=O) groups excluding carboxylic acids is 4. The number of aryl methyl sites for hydroxylation is 3. The minimum Gasteiger partial charge on any atom is -0.388 e. The Hall–Kier alpha value is -4.89. The van der Waals surface area contributed by atoms with Crippen molar-refractivity contribution in [3.05, 3.63) is 53.9 Å². The summed E-state index contributed by atoms with van der Waals surface area (Å²) in [7, 11) is 4.97. The van der Waals surface area contributed by atoms with E-state index in [1.165, 1.54) is 18.2 Å². The largest absolute Gasteiger partial charge is 0.388 e. The first-order chi connectivity index (χ1) is 18.4. The van der Waals surface area contributed by atoms with E-state index in [-0.39, 0.29) is 42.6 Å². The summed E-state index contributed by atoms with van der Waals surface area (Å²) in [6, 6.07) is 3.67. The lowest BCUT2D eigenvalue weighted by Crippen LogP contribution is -2.41. The maximum atomic E-state index is 12.9. The van der Waals surface area contributed by atoms with E-state index < -0.39 is 23.8 Å². The zero-order valence-electron chi connectivity index (χ0n) is 21.9. The number of amidine groups is 1. The summed E-state index contributed by atoms with van der Waals surface area (Å²) >= 11 is 0. The standard InChI is InChI=1S/C24H33N11O4/c1-33-11-14(6-17(33)22(37)29-5-4-20(27)28)31-24(39)19-8-15(12-35(19)3)32-23(38)18-7-13(10-34(18)2)30-21(36)16(26)9-25/h6-8,10-12,16H,4-5,9,25-26H2,1-3H3,(H3,27,28)(H,29,37)(H,30,36)(H,31,39)(H,32,38)/t16-/m0/s1. The lowest BCUT2D eigenvalue weighted by Gasteiger charge is -2.07. The number of nitrogens with two attached hydrogens (primary N) is 3. The first kappa shape index (κ1) is 28.7. The molecule has 0 saturated heterocycles. The van der Waals surface area contributed by atoms with Crippen LogP contribution < -0.4 is 38.5 Å². The van der Waals surface area contributed by atoms with E-state index in [1.807, 2.05) is 0 Å². The van der Waals surface area contributed by atoms with E-state index in [2.05, 4.69) is 21.3 Å². The van der Waals surface area contributed by atoms with Gasteiger partial charge in [0, 0.05) is 59.2 Å². The Morgan fingerprint density at radius 2 is 1.21 bits per heavy atom. The average molecular weight is 540 g/mol. The Kier molecular flexibility index (Phi) is 8.90. The number of anilines is 3. The van der Waals surface area contributed by atoms with Gasteiger partial charge in [-0.2, -0.15) is 0 Å². The fourth-order valence-corrected chi connectivity index (χ4v) is 3.71. The Morgan fingerprint density at radius 3 is 1.62 bits per heavy atom. The van der Waals surface area contributed by atoms with Gasteiger partial charge in [0.25, 0.3) is 17.7 Å². The van der Waals surface area contributed by atoms with Crippen molar-refractivity contribution in [2.45, 2.75) is 12.5 Å². The van der Waals surface area contributed by atoms with Gasteiger partial charge in [0.05, 0.1) is 28.9 Å². The van der Waals surface area contributed by atoms with Crippen molar-refractivity contribution < 1.29 is 19.2 Å². The Balaban J connectivity index is 1.65. The molecule has 15 heteroatoms. The van der Waals surface area contributed by atoms with Crippen LogP contribution in [-0.4, -0.2) is 62.3 Å². The van der Waals surface area contributed by atoms with Crippen molar-refractivity contribution in [1.29, 1.82) is 5.41 Å².